The fourth-order valence-corrected chi connectivity index (χ4v) is 3.45. The Morgan fingerprint density at radius 1 is 1.12 bits per heavy atom. The van der Waals surface area contributed by atoms with E-state index in [1.165, 1.54) is 37.0 Å². The molecule has 1 aliphatic carbocycles. The monoisotopic (exact) mass is 350 g/mol. The van der Waals surface area contributed by atoms with Crippen molar-refractivity contribution in [1.29, 1.82) is 0 Å². The van der Waals surface area contributed by atoms with Crippen molar-refractivity contribution in [2.24, 2.45) is 0 Å². The van der Waals surface area contributed by atoms with Crippen LogP contribution in [0.3, 0.4) is 0 Å². The van der Waals surface area contributed by atoms with Crippen LogP contribution < -0.4 is 5.32 Å². The zero-order valence-electron chi connectivity index (χ0n) is 13.7. The Labute approximate surface area is 148 Å². The van der Waals surface area contributed by atoms with Gasteiger partial charge in [0.15, 0.2) is 0 Å². The minimum atomic E-state index is -0.194. The Morgan fingerprint density at radius 2 is 1.92 bits per heavy atom. The minimum absolute atomic E-state index is 0. The van der Waals surface area contributed by atoms with Gasteiger partial charge in [0.2, 0.25) is 0 Å². The van der Waals surface area contributed by atoms with Crippen molar-refractivity contribution in [3.8, 4) is 0 Å². The third kappa shape index (κ3) is 4.15. The minimum Gasteiger partial charge on any atom is -0.315 e. The van der Waals surface area contributed by atoms with E-state index in [1.807, 2.05) is 23.0 Å². The largest absolute Gasteiger partial charge is 0.315 e. The standard InChI is InChI=1S/C18H23FN4.ClH/c19-16-3-1-14(2-4-16)11-22-12-15(9-21-22)13-23(17-5-6-17)18-7-8-20-10-18;/h1-4,9,12,17-18,20H,5-8,10-11,13H2;1H. The number of hydrogen-bond acceptors (Lipinski definition) is 3. The van der Waals surface area contributed by atoms with Gasteiger partial charge in [-0.2, -0.15) is 5.10 Å². The van der Waals surface area contributed by atoms with Crippen molar-refractivity contribution >= 4 is 12.4 Å². The van der Waals surface area contributed by atoms with Gasteiger partial charge in [0.05, 0.1) is 12.7 Å². The van der Waals surface area contributed by atoms with E-state index in [-0.39, 0.29) is 18.2 Å². The van der Waals surface area contributed by atoms with Gasteiger partial charge in [0, 0.05) is 36.9 Å². The highest BCUT2D eigenvalue weighted by molar-refractivity contribution is 5.85. The van der Waals surface area contributed by atoms with Gasteiger partial charge in [-0.25, -0.2) is 4.39 Å². The first-order chi connectivity index (χ1) is 11.3. The molecule has 1 saturated carbocycles. The van der Waals surface area contributed by atoms with Crippen molar-refractivity contribution in [2.75, 3.05) is 13.1 Å². The van der Waals surface area contributed by atoms with E-state index in [4.69, 9.17) is 0 Å². The van der Waals surface area contributed by atoms with Crippen LogP contribution in [-0.2, 0) is 13.1 Å². The normalized spacial score (nSPS) is 20.3. The highest BCUT2D eigenvalue weighted by Crippen LogP contribution is 2.31. The van der Waals surface area contributed by atoms with Crippen molar-refractivity contribution < 1.29 is 4.39 Å². The lowest BCUT2D eigenvalue weighted by Crippen LogP contribution is -2.37. The number of hydrogen-bond donors (Lipinski definition) is 1. The maximum Gasteiger partial charge on any atom is 0.123 e. The molecule has 24 heavy (non-hydrogen) atoms. The Kier molecular flexibility index (Phi) is 5.54. The maximum absolute atomic E-state index is 13.0. The predicted molar refractivity (Wildman–Crippen MR) is 94.8 cm³/mol. The molecule has 1 N–H and O–H groups in total. The molecule has 130 valence electrons. The number of aromatic nitrogens is 2. The summed E-state index contributed by atoms with van der Waals surface area (Å²) in [6.45, 7) is 3.92. The van der Waals surface area contributed by atoms with Gasteiger partial charge in [-0.15, -0.1) is 12.4 Å². The molecule has 4 nitrogen and oxygen atoms in total. The van der Waals surface area contributed by atoms with Crippen LogP contribution in [0.2, 0.25) is 0 Å². The van der Waals surface area contributed by atoms with Gasteiger partial charge < -0.3 is 5.32 Å². The molecule has 1 atom stereocenters. The van der Waals surface area contributed by atoms with Gasteiger partial charge in [-0.1, -0.05) is 12.1 Å². The van der Waals surface area contributed by atoms with E-state index in [2.05, 4.69) is 21.5 Å². The first-order valence-electron chi connectivity index (χ1n) is 8.50. The van der Waals surface area contributed by atoms with E-state index < -0.39 is 0 Å². The molecule has 1 saturated heterocycles. The average Bonchev–Trinajstić information content (AvgIpc) is 3.07. The Balaban J connectivity index is 0.00000169. The molecule has 4 rings (SSSR count). The lowest BCUT2D eigenvalue weighted by atomic mass is 10.2. The van der Waals surface area contributed by atoms with Gasteiger partial charge >= 0.3 is 0 Å². The number of nitrogens with one attached hydrogen (secondary N) is 1. The van der Waals surface area contributed by atoms with E-state index in [1.54, 1.807) is 0 Å². The first-order valence-corrected chi connectivity index (χ1v) is 8.50. The maximum atomic E-state index is 13.0. The van der Waals surface area contributed by atoms with Crippen LogP contribution in [0.25, 0.3) is 0 Å². The van der Waals surface area contributed by atoms with Crippen LogP contribution >= 0.6 is 12.4 Å². The zero-order chi connectivity index (χ0) is 15.6. The summed E-state index contributed by atoms with van der Waals surface area (Å²) in [5.41, 5.74) is 2.34. The average molecular weight is 351 g/mol. The third-order valence-corrected chi connectivity index (χ3v) is 4.83. The second kappa shape index (κ2) is 7.64. The Bertz CT molecular complexity index is 647. The molecule has 0 spiro atoms. The number of halogens is 2. The van der Waals surface area contributed by atoms with Gasteiger partial charge in [-0.05, 0) is 43.5 Å². The molecule has 1 aliphatic heterocycles. The van der Waals surface area contributed by atoms with Crippen molar-refractivity contribution in [2.45, 2.75) is 44.4 Å². The number of benzene rings is 1. The summed E-state index contributed by atoms with van der Waals surface area (Å²) in [5.74, 6) is -0.194. The van der Waals surface area contributed by atoms with E-state index in [0.29, 0.717) is 12.6 Å². The highest BCUT2D eigenvalue weighted by Gasteiger charge is 2.35. The Hall–Kier alpha value is -1.43. The lowest BCUT2D eigenvalue weighted by Gasteiger charge is -2.27. The summed E-state index contributed by atoms with van der Waals surface area (Å²) in [6, 6.07) is 8.07. The molecule has 0 bridgehead atoms. The molecule has 2 aliphatic rings. The highest BCUT2D eigenvalue weighted by atomic mass is 35.5. The van der Waals surface area contributed by atoms with Crippen LogP contribution in [0.4, 0.5) is 4.39 Å². The third-order valence-electron chi connectivity index (χ3n) is 4.83. The predicted octanol–water partition coefficient (Wildman–Crippen LogP) is 2.82. The van der Waals surface area contributed by atoms with Crippen LogP contribution in [0, 0.1) is 5.82 Å². The van der Waals surface area contributed by atoms with Crippen LogP contribution in [-0.4, -0.2) is 39.9 Å². The molecule has 2 aromatic rings. The van der Waals surface area contributed by atoms with E-state index in [9.17, 15) is 4.39 Å². The Morgan fingerprint density at radius 3 is 2.58 bits per heavy atom. The number of nitrogens with zero attached hydrogens (tertiary/aromatic N) is 3. The molecule has 6 heteroatoms. The molecule has 2 heterocycles. The fraction of sp³-hybridized carbons (Fsp3) is 0.500. The smallest absolute Gasteiger partial charge is 0.123 e. The summed E-state index contributed by atoms with van der Waals surface area (Å²) in [5, 5.41) is 7.94. The van der Waals surface area contributed by atoms with Gasteiger partial charge in [-0.3, -0.25) is 9.58 Å². The van der Waals surface area contributed by atoms with E-state index >= 15 is 0 Å². The quantitative estimate of drug-likeness (QED) is 0.869. The lowest BCUT2D eigenvalue weighted by molar-refractivity contribution is 0.189. The first kappa shape index (κ1) is 17.4. The summed E-state index contributed by atoms with van der Waals surface area (Å²) < 4.78 is 14.9. The molecule has 0 amide bonds. The molecule has 0 radical (unpaired) electrons. The molecule has 1 unspecified atom stereocenters. The molecular formula is C18H24ClFN4. The van der Waals surface area contributed by atoms with Gasteiger partial charge in [0.25, 0.3) is 0 Å². The summed E-state index contributed by atoms with van der Waals surface area (Å²) >= 11 is 0. The van der Waals surface area contributed by atoms with E-state index in [0.717, 1.165) is 31.2 Å². The molecule has 1 aromatic carbocycles. The van der Waals surface area contributed by atoms with Crippen LogP contribution in [0.5, 0.6) is 0 Å². The molecule has 2 fully saturated rings. The van der Waals surface area contributed by atoms with Crippen molar-refractivity contribution in [1.82, 2.24) is 20.0 Å². The number of rotatable bonds is 6. The van der Waals surface area contributed by atoms with Crippen molar-refractivity contribution in [3.05, 3.63) is 53.6 Å². The van der Waals surface area contributed by atoms with Crippen LogP contribution in [0.1, 0.15) is 30.4 Å². The fourth-order valence-electron chi connectivity index (χ4n) is 3.45. The topological polar surface area (TPSA) is 33.1 Å². The molecule has 1 aromatic heterocycles. The second-order valence-electron chi connectivity index (χ2n) is 6.72. The summed E-state index contributed by atoms with van der Waals surface area (Å²) in [7, 11) is 0. The second-order valence-corrected chi connectivity index (χ2v) is 6.72. The summed E-state index contributed by atoms with van der Waals surface area (Å²) in [4.78, 5) is 2.65. The molecular weight excluding hydrogens is 327 g/mol. The summed E-state index contributed by atoms with van der Waals surface area (Å²) in [6.07, 6.45) is 8.02. The van der Waals surface area contributed by atoms with Crippen LogP contribution in [0.15, 0.2) is 36.7 Å². The van der Waals surface area contributed by atoms with Crippen molar-refractivity contribution in [3.63, 3.8) is 0 Å². The SMILES string of the molecule is Cl.Fc1ccc(Cn2cc(CN(C3CC3)C3CCNC3)cn2)cc1. The van der Waals surface area contributed by atoms with Gasteiger partial charge in [0.1, 0.15) is 5.82 Å². The zero-order valence-corrected chi connectivity index (χ0v) is 14.5.